The highest BCUT2D eigenvalue weighted by Crippen LogP contribution is 2.17. The Kier molecular flexibility index (Phi) is 8.77. The summed E-state index contributed by atoms with van der Waals surface area (Å²) in [5, 5.41) is 6.70. The van der Waals surface area contributed by atoms with Crippen LogP contribution >= 0.6 is 0 Å². The number of carbonyl (C=O) groups is 1. The van der Waals surface area contributed by atoms with Crippen molar-refractivity contribution in [3.8, 4) is 0 Å². The highest BCUT2D eigenvalue weighted by atomic mass is 16.5. The third-order valence-corrected chi connectivity index (χ3v) is 5.41. The summed E-state index contributed by atoms with van der Waals surface area (Å²) < 4.78 is 11.2. The lowest BCUT2D eigenvalue weighted by molar-refractivity contribution is -0.128. The zero-order valence-corrected chi connectivity index (χ0v) is 17.5. The molecule has 7 heteroatoms. The molecule has 1 atom stereocenters. The van der Waals surface area contributed by atoms with E-state index in [0.29, 0.717) is 26.1 Å². The molecule has 3 rings (SSSR count). The van der Waals surface area contributed by atoms with Crippen LogP contribution in [-0.2, 0) is 27.4 Å². The minimum atomic E-state index is 0.256. The second kappa shape index (κ2) is 11.8. The van der Waals surface area contributed by atoms with E-state index in [4.69, 9.17) is 9.47 Å². The van der Waals surface area contributed by atoms with E-state index in [2.05, 4.69) is 27.8 Å². The summed E-state index contributed by atoms with van der Waals surface area (Å²) in [6, 6.07) is 8.27. The molecular formula is C22H34N4O3. The van der Waals surface area contributed by atoms with Gasteiger partial charge in [-0.3, -0.25) is 9.79 Å². The normalized spacial score (nSPS) is 19.8. The number of benzene rings is 1. The smallest absolute Gasteiger partial charge is 0.222 e. The number of hydrogen-bond donors (Lipinski definition) is 2. The van der Waals surface area contributed by atoms with Gasteiger partial charge < -0.3 is 25.0 Å². The molecule has 1 aromatic carbocycles. The molecule has 0 saturated carbocycles. The number of likely N-dealkylation sites (tertiary alicyclic amines) is 1. The summed E-state index contributed by atoms with van der Waals surface area (Å²) in [6.07, 6.45) is 5.10. The third-order valence-electron chi connectivity index (χ3n) is 5.41. The van der Waals surface area contributed by atoms with Crippen LogP contribution in [0.4, 0.5) is 0 Å². The fourth-order valence-corrected chi connectivity index (χ4v) is 3.73. The first-order valence-electron chi connectivity index (χ1n) is 10.7. The molecule has 2 aliphatic rings. The standard InChI is InChI=1S/C22H34N4O3/c1-23-22(24-11-6-13-28-17-20-9-5-14-29-20)25-15-18-7-2-3-8-19(18)16-26-12-4-10-21(26)27/h2-3,7-8,20H,4-6,9-17H2,1H3,(H2,23,24,25). The van der Waals surface area contributed by atoms with Gasteiger partial charge in [-0.15, -0.1) is 0 Å². The van der Waals surface area contributed by atoms with Crippen LogP contribution < -0.4 is 10.6 Å². The molecule has 0 bridgehead atoms. The first kappa shape index (κ1) is 21.6. The lowest BCUT2D eigenvalue weighted by atomic mass is 10.1. The number of aliphatic imine (C=N–C) groups is 1. The van der Waals surface area contributed by atoms with Gasteiger partial charge in [0.1, 0.15) is 0 Å². The van der Waals surface area contributed by atoms with Crippen LogP contribution in [-0.4, -0.2) is 62.8 Å². The van der Waals surface area contributed by atoms with E-state index >= 15 is 0 Å². The molecule has 2 aliphatic heterocycles. The van der Waals surface area contributed by atoms with Crippen molar-refractivity contribution in [1.29, 1.82) is 0 Å². The molecule has 2 saturated heterocycles. The molecule has 1 unspecified atom stereocenters. The Morgan fingerprint density at radius 2 is 2.14 bits per heavy atom. The maximum atomic E-state index is 11.9. The summed E-state index contributed by atoms with van der Waals surface area (Å²) in [6.45, 7) is 5.31. The first-order valence-corrected chi connectivity index (χ1v) is 10.7. The summed E-state index contributed by atoms with van der Waals surface area (Å²) in [5.74, 6) is 1.03. The van der Waals surface area contributed by atoms with Crippen molar-refractivity contribution in [2.75, 3.05) is 40.0 Å². The monoisotopic (exact) mass is 402 g/mol. The fourth-order valence-electron chi connectivity index (χ4n) is 3.73. The third kappa shape index (κ3) is 7.01. The Bertz CT molecular complexity index is 674. The van der Waals surface area contributed by atoms with Gasteiger partial charge in [-0.05, 0) is 36.8 Å². The number of rotatable bonds is 10. The Labute approximate surface area is 173 Å². The molecular weight excluding hydrogens is 368 g/mol. The van der Waals surface area contributed by atoms with Gasteiger partial charge in [-0.2, -0.15) is 0 Å². The summed E-state index contributed by atoms with van der Waals surface area (Å²) in [7, 11) is 1.78. The van der Waals surface area contributed by atoms with Crippen LogP contribution in [0, 0.1) is 0 Å². The molecule has 0 aliphatic carbocycles. The van der Waals surface area contributed by atoms with Crippen molar-refractivity contribution in [2.24, 2.45) is 4.99 Å². The second-order valence-corrected chi connectivity index (χ2v) is 7.60. The highest BCUT2D eigenvalue weighted by Gasteiger charge is 2.20. The van der Waals surface area contributed by atoms with Crippen LogP contribution in [0.2, 0.25) is 0 Å². The van der Waals surface area contributed by atoms with Crippen LogP contribution in [0.15, 0.2) is 29.3 Å². The lowest BCUT2D eigenvalue weighted by Gasteiger charge is -2.19. The molecule has 29 heavy (non-hydrogen) atoms. The Morgan fingerprint density at radius 1 is 1.28 bits per heavy atom. The van der Waals surface area contributed by atoms with E-state index < -0.39 is 0 Å². The number of amides is 1. The zero-order chi connectivity index (χ0) is 20.3. The van der Waals surface area contributed by atoms with Crippen LogP contribution in [0.25, 0.3) is 0 Å². The van der Waals surface area contributed by atoms with Crippen molar-refractivity contribution in [2.45, 2.75) is 51.3 Å². The van der Waals surface area contributed by atoms with Gasteiger partial charge in [0.05, 0.1) is 12.7 Å². The molecule has 0 radical (unpaired) electrons. The number of hydrogen-bond acceptors (Lipinski definition) is 4. The molecule has 2 N–H and O–H groups in total. The Morgan fingerprint density at radius 3 is 2.86 bits per heavy atom. The van der Waals surface area contributed by atoms with Crippen LogP contribution in [0.1, 0.15) is 43.2 Å². The molecule has 0 spiro atoms. The van der Waals surface area contributed by atoms with E-state index in [9.17, 15) is 4.79 Å². The molecule has 2 fully saturated rings. The van der Waals surface area contributed by atoms with Crippen molar-refractivity contribution in [3.63, 3.8) is 0 Å². The number of ether oxygens (including phenoxy) is 2. The van der Waals surface area contributed by atoms with Gasteiger partial charge in [-0.1, -0.05) is 24.3 Å². The zero-order valence-electron chi connectivity index (χ0n) is 17.5. The first-order chi connectivity index (χ1) is 14.3. The van der Waals surface area contributed by atoms with Crippen molar-refractivity contribution >= 4 is 11.9 Å². The van der Waals surface area contributed by atoms with E-state index in [1.54, 1.807) is 7.05 Å². The number of nitrogens with one attached hydrogen (secondary N) is 2. The van der Waals surface area contributed by atoms with Crippen molar-refractivity contribution in [3.05, 3.63) is 35.4 Å². The van der Waals surface area contributed by atoms with E-state index in [0.717, 1.165) is 57.9 Å². The topological polar surface area (TPSA) is 75.2 Å². The van der Waals surface area contributed by atoms with E-state index in [1.807, 2.05) is 17.0 Å². The van der Waals surface area contributed by atoms with Crippen molar-refractivity contribution < 1.29 is 14.3 Å². The molecule has 0 aromatic heterocycles. The van der Waals surface area contributed by atoms with E-state index in [-0.39, 0.29) is 12.0 Å². The average molecular weight is 403 g/mol. The number of nitrogens with zero attached hydrogens (tertiary/aromatic N) is 2. The molecule has 160 valence electrons. The molecule has 1 amide bonds. The quantitative estimate of drug-likeness (QED) is 0.356. The van der Waals surface area contributed by atoms with Gasteiger partial charge in [0.15, 0.2) is 5.96 Å². The fraction of sp³-hybridized carbons (Fsp3) is 0.636. The van der Waals surface area contributed by atoms with Crippen molar-refractivity contribution in [1.82, 2.24) is 15.5 Å². The molecule has 2 heterocycles. The van der Waals surface area contributed by atoms with E-state index in [1.165, 1.54) is 11.1 Å². The van der Waals surface area contributed by atoms with Gasteiger partial charge in [0.2, 0.25) is 5.91 Å². The summed E-state index contributed by atoms with van der Waals surface area (Å²) in [5.41, 5.74) is 2.38. The number of guanidine groups is 1. The average Bonchev–Trinajstić information content (AvgIpc) is 3.40. The maximum Gasteiger partial charge on any atom is 0.222 e. The van der Waals surface area contributed by atoms with Crippen LogP contribution in [0.3, 0.4) is 0 Å². The number of carbonyl (C=O) groups excluding carboxylic acids is 1. The predicted molar refractivity (Wildman–Crippen MR) is 114 cm³/mol. The Balaban J connectivity index is 1.36. The summed E-state index contributed by atoms with van der Waals surface area (Å²) in [4.78, 5) is 18.2. The van der Waals surface area contributed by atoms with Gasteiger partial charge >= 0.3 is 0 Å². The van der Waals surface area contributed by atoms with Gasteiger partial charge in [0, 0.05) is 52.9 Å². The second-order valence-electron chi connectivity index (χ2n) is 7.60. The van der Waals surface area contributed by atoms with Crippen LogP contribution in [0.5, 0.6) is 0 Å². The van der Waals surface area contributed by atoms with Gasteiger partial charge in [0.25, 0.3) is 0 Å². The highest BCUT2D eigenvalue weighted by molar-refractivity contribution is 5.79. The lowest BCUT2D eigenvalue weighted by Crippen LogP contribution is -2.38. The maximum absolute atomic E-state index is 11.9. The summed E-state index contributed by atoms with van der Waals surface area (Å²) >= 11 is 0. The van der Waals surface area contributed by atoms with Gasteiger partial charge in [-0.25, -0.2) is 0 Å². The molecule has 1 aromatic rings. The SMILES string of the molecule is CN=C(NCCCOCC1CCCO1)NCc1ccccc1CN1CCCC1=O. The minimum absolute atomic E-state index is 0.256. The largest absolute Gasteiger partial charge is 0.379 e. The predicted octanol–water partition coefficient (Wildman–Crippen LogP) is 2.06. The minimum Gasteiger partial charge on any atom is -0.379 e. The molecule has 7 nitrogen and oxygen atoms in total. The Hall–Kier alpha value is -2.12.